The van der Waals surface area contributed by atoms with Crippen LogP contribution in [0.5, 0.6) is 11.5 Å². The number of amides is 1. The molecule has 0 aliphatic carbocycles. The summed E-state index contributed by atoms with van der Waals surface area (Å²) in [7, 11) is 3.22. The van der Waals surface area contributed by atoms with Gasteiger partial charge in [0, 0.05) is 19.6 Å². The third-order valence-electron chi connectivity index (χ3n) is 4.20. The lowest BCUT2D eigenvalue weighted by molar-refractivity contribution is 0.0786. The molecule has 1 aliphatic heterocycles. The van der Waals surface area contributed by atoms with Crippen LogP contribution in [0.1, 0.15) is 28.9 Å². The Morgan fingerprint density at radius 2 is 1.84 bits per heavy atom. The summed E-state index contributed by atoms with van der Waals surface area (Å²) in [6.07, 6.45) is 2.12. The van der Waals surface area contributed by atoms with E-state index < -0.39 is 0 Å². The average Bonchev–Trinajstić information content (AvgIpc) is 3.20. The van der Waals surface area contributed by atoms with Crippen LogP contribution in [-0.4, -0.2) is 48.3 Å². The standard InChI is InChI=1S/C18H22N4O3/c1-24-15-7-5-13(11-16(15)25-2)12-19-17-8-6-14(20-21-17)18(23)22-9-3-4-10-22/h5-8,11H,3-4,9-10,12H2,1-2H3,(H,19,21). The van der Waals surface area contributed by atoms with Gasteiger partial charge in [0.1, 0.15) is 5.82 Å². The molecule has 1 amide bonds. The Bertz CT molecular complexity index is 728. The molecule has 1 aliphatic rings. The summed E-state index contributed by atoms with van der Waals surface area (Å²) in [5.74, 6) is 1.94. The first-order chi connectivity index (χ1) is 12.2. The van der Waals surface area contributed by atoms with Crippen molar-refractivity contribution in [1.82, 2.24) is 15.1 Å². The number of ether oxygens (including phenoxy) is 2. The Balaban J connectivity index is 1.61. The van der Waals surface area contributed by atoms with Gasteiger partial charge in [-0.1, -0.05) is 6.07 Å². The molecule has 1 aromatic carbocycles. The second kappa shape index (κ2) is 7.83. The van der Waals surface area contributed by atoms with Gasteiger partial charge in [0.15, 0.2) is 17.2 Å². The number of likely N-dealkylation sites (tertiary alicyclic amines) is 1. The highest BCUT2D eigenvalue weighted by Crippen LogP contribution is 2.27. The summed E-state index contributed by atoms with van der Waals surface area (Å²) in [6, 6.07) is 9.21. The molecule has 0 bridgehead atoms. The zero-order valence-electron chi connectivity index (χ0n) is 14.5. The van der Waals surface area contributed by atoms with Crippen molar-refractivity contribution in [3.05, 3.63) is 41.6 Å². The van der Waals surface area contributed by atoms with Crippen molar-refractivity contribution in [3.8, 4) is 11.5 Å². The van der Waals surface area contributed by atoms with Crippen LogP contribution in [-0.2, 0) is 6.54 Å². The van der Waals surface area contributed by atoms with E-state index in [-0.39, 0.29) is 5.91 Å². The van der Waals surface area contributed by atoms with Crippen LogP contribution in [0.3, 0.4) is 0 Å². The fourth-order valence-electron chi connectivity index (χ4n) is 2.81. The summed E-state index contributed by atoms with van der Waals surface area (Å²) >= 11 is 0. The molecule has 2 aromatic rings. The number of nitrogens with one attached hydrogen (secondary N) is 1. The zero-order chi connectivity index (χ0) is 17.6. The highest BCUT2D eigenvalue weighted by Gasteiger charge is 2.20. The number of nitrogens with zero attached hydrogens (tertiary/aromatic N) is 3. The van der Waals surface area contributed by atoms with E-state index in [1.807, 2.05) is 23.1 Å². The normalized spacial score (nSPS) is 13.6. The highest BCUT2D eigenvalue weighted by molar-refractivity contribution is 5.92. The van der Waals surface area contributed by atoms with Gasteiger partial charge in [0.2, 0.25) is 0 Å². The van der Waals surface area contributed by atoms with E-state index in [1.165, 1.54) is 0 Å². The maximum atomic E-state index is 12.2. The molecule has 25 heavy (non-hydrogen) atoms. The summed E-state index contributed by atoms with van der Waals surface area (Å²) in [5, 5.41) is 11.3. The third kappa shape index (κ3) is 3.99. The first kappa shape index (κ1) is 17.0. The van der Waals surface area contributed by atoms with E-state index in [9.17, 15) is 4.79 Å². The Kier molecular flexibility index (Phi) is 5.33. The van der Waals surface area contributed by atoms with Gasteiger partial charge in [0.05, 0.1) is 14.2 Å². The van der Waals surface area contributed by atoms with Crippen LogP contribution in [0.25, 0.3) is 0 Å². The quantitative estimate of drug-likeness (QED) is 0.868. The first-order valence-corrected chi connectivity index (χ1v) is 8.29. The topological polar surface area (TPSA) is 76.6 Å². The van der Waals surface area contributed by atoms with Gasteiger partial charge in [-0.25, -0.2) is 0 Å². The van der Waals surface area contributed by atoms with Crippen LogP contribution in [0, 0.1) is 0 Å². The van der Waals surface area contributed by atoms with E-state index in [4.69, 9.17) is 9.47 Å². The van der Waals surface area contributed by atoms with Crippen molar-refractivity contribution in [2.75, 3.05) is 32.6 Å². The molecule has 0 spiro atoms. The Hall–Kier alpha value is -2.83. The van der Waals surface area contributed by atoms with Crippen LogP contribution >= 0.6 is 0 Å². The number of rotatable bonds is 6. The van der Waals surface area contributed by atoms with Crippen LogP contribution in [0.15, 0.2) is 30.3 Å². The largest absolute Gasteiger partial charge is 0.493 e. The lowest BCUT2D eigenvalue weighted by atomic mass is 10.2. The monoisotopic (exact) mass is 342 g/mol. The molecule has 0 unspecified atom stereocenters. The molecule has 3 rings (SSSR count). The number of methoxy groups -OCH3 is 2. The molecule has 1 saturated heterocycles. The molecule has 0 saturated carbocycles. The molecule has 1 aromatic heterocycles. The van der Waals surface area contributed by atoms with E-state index in [0.29, 0.717) is 29.6 Å². The van der Waals surface area contributed by atoms with E-state index in [0.717, 1.165) is 31.5 Å². The van der Waals surface area contributed by atoms with Gasteiger partial charge in [-0.2, -0.15) is 0 Å². The van der Waals surface area contributed by atoms with Crippen LogP contribution < -0.4 is 14.8 Å². The number of hydrogen-bond acceptors (Lipinski definition) is 6. The summed E-state index contributed by atoms with van der Waals surface area (Å²) in [4.78, 5) is 14.1. The van der Waals surface area contributed by atoms with Gasteiger partial charge >= 0.3 is 0 Å². The predicted molar refractivity (Wildman–Crippen MR) is 94.0 cm³/mol. The second-order valence-corrected chi connectivity index (χ2v) is 5.85. The molecule has 0 atom stereocenters. The number of aromatic nitrogens is 2. The van der Waals surface area contributed by atoms with E-state index in [2.05, 4.69) is 15.5 Å². The molecular weight excluding hydrogens is 320 g/mol. The number of carbonyl (C=O) groups excluding carboxylic acids is 1. The fourth-order valence-corrected chi connectivity index (χ4v) is 2.81. The Morgan fingerprint density at radius 1 is 1.08 bits per heavy atom. The van der Waals surface area contributed by atoms with Crippen molar-refractivity contribution in [3.63, 3.8) is 0 Å². The molecule has 0 radical (unpaired) electrons. The summed E-state index contributed by atoms with van der Waals surface area (Å²) < 4.78 is 10.5. The lowest BCUT2D eigenvalue weighted by Gasteiger charge is -2.14. The molecule has 1 N–H and O–H groups in total. The minimum Gasteiger partial charge on any atom is -0.493 e. The van der Waals surface area contributed by atoms with Crippen LogP contribution in [0.2, 0.25) is 0 Å². The second-order valence-electron chi connectivity index (χ2n) is 5.85. The van der Waals surface area contributed by atoms with E-state index >= 15 is 0 Å². The molecular formula is C18H22N4O3. The van der Waals surface area contributed by atoms with Crippen molar-refractivity contribution < 1.29 is 14.3 Å². The van der Waals surface area contributed by atoms with Gasteiger partial charge in [-0.15, -0.1) is 10.2 Å². The van der Waals surface area contributed by atoms with Crippen molar-refractivity contribution in [2.45, 2.75) is 19.4 Å². The molecule has 7 nitrogen and oxygen atoms in total. The molecule has 132 valence electrons. The van der Waals surface area contributed by atoms with Crippen molar-refractivity contribution in [1.29, 1.82) is 0 Å². The van der Waals surface area contributed by atoms with E-state index in [1.54, 1.807) is 26.4 Å². The maximum Gasteiger partial charge on any atom is 0.274 e. The number of hydrogen-bond donors (Lipinski definition) is 1. The summed E-state index contributed by atoms with van der Waals surface area (Å²) in [6.45, 7) is 2.17. The Morgan fingerprint density at radius 3 is 2.48 bits per heavy atom. The van der Waals surface area contributed by atoms with Gasteiger partial charge < -0.3 is 19.7 Å². The number of anilines is 1. The lowest BCUT2D eigenvalue weighted by Crippen LogP contribution is -2.28. The SMILES string of the molecule is COc1ccc(CNc2ccc(C(=O)N3CCCC3)nn2)cc1OC. The molecule has 1 fully saturated rings. The minimum atomic E-state index is -0.0450. The van der Waals surface area contributed by atoms with Crippen molar-refractivity contribution >= 4 is 11.7 Å². The predicted octanol–water partition coefficient (Wildman–Crippen LogP) is 2.34. The zero-order valence-corrected chi connectivity index (χ0v) is 14.5. The van der Waals surface area contributed by atoms with Gasteiger partial charge in [-0.05, 0) is 42.7 Å². The van der Waals surface area contributed by atoms with Gasteiger partial charge in [-0.3, -0.25) is 4.79 Å². The highest BCUT2D eigenvalue weighted by atomic mass is 16.5. The van der Waals surface area contributed by atoms with Gasteiger partial charge in [0.25, 0.3) is 5.91 Å². The maximum absolute atomic E-state index is 12.2. The smallest absolute Gasteiger partial charge is 0.274 e. The number of carbonyl (C=O) groups is 1. The minimum absolute atomic E-state index is 0.0450. The third-order valence-corrected chi connectivity index (χ3v) is 4.20. The average molecular weight is 342 g/mol. The fraction of sp³-hybridized carbons (Fsp3) is 0.389. The molecule has 2 heterocycles. The Labute approximate surface area is 147 Å². The van der Waals surface area contributed by atoms with Crippen molar-refractivity contribution in [2.24, 2.45) is 0 Å². The van der Waals surface area contributed by atoms with Crippen LogP contribution in [0.4, 0.5) is 5.82 Å². The first-order valence-electron chi connectivity index (χ1n) is 8.29. The summed E-state index contributed by atoms with van der Waals surface area (Å²) in [5.41, 5.74) is 1.41. The molecule has 7 heteroatoms. The number of benzene rings is 1.